The predicted molar refractivity (Wildman–Crippen MR) is 72.4 cm³/mol. The highest BCUT2D eigenvalue weighted by Crippen LogP contribution is 2.35. The summed E-state index contributed by atoms with van der Waals surface area (Å²) >= 11 is 0. The molecule has 3 heteroatoms. The van der Waals surface area contributed by atoms with Gasteiger partial charge in [0.2, 0.25) is 0 Å². The first kappa shape index (κ1) is 13.1. The standard InChI is InChI=1S/C15H21NO2/c1-10-7-11(2)13(12(8-10)18-4)14(17)15(3)5-6-16-9-15/h7-8,16H,5-6,9H2,1-4H3. The molecule has 0 aliphatic carbocycles. The summed E-state index contributed by atoms with van der Waals surface area (Å²) in [5.74, 6) is 0.896. The maximum atomic E-state index is 12.8. The minimum absolute atomic E-state index is 0.196. The van der Waals surface area contributed by atoms with Crippen molar-refractivity contribution in [2.45, 2.75) is 27.2 Å². The van der Waals surface area contributed by atoms with Crippen LogP contribution in [0.1, 0.15) is 34.8 Å². The zero-order valence-electron chi connectivity index (χ0n) is 11.6. The molecule has 98 valence electrons. The molecule has 0 bridgehead atoms. The lowest BCUT2D eigenvalue weighted by molar-refractivity contribution is 0.0835. The minimum atomic E-state index is -0.298. The van der Waals surface area contributed by atoms with Gasteiger partial charge in [0, 0.05) is 12.0 Å². The van der Waals surface area contributed by atoms with Crippen LogP contribution in [-0.2, 0) is 0 Å². The molecule has 1 aromatic carbocycles. The molecule has 1 unspecified atom stereocenters. The molecule has 3 nitrogen and oxygen atoms in total. The van der Waals surface area contributed by atoms with Gasteiger partial charge < -0.3 is 10.1 Å². The molecule has 0 amide bonds. The van der Waals surface area contributed by atoms with E-state index < -0.39 is 0 Å². The third kappa shape index (κ3) is 2.15. The number of benzene rings is 1. The van der Waals surface area contributed by atoms with Crippen LogP contribution in [0.15, 0.2) is 12.1 Å². The number of carbonyl (C=O) groups is 1. The van der Waals surface area contributed by atoms with Crippen molar-refractivity contribution in [3.05, 3.63) is 28.8 Å². The predicted octanol–water partition coefficient (Wildman–Crippen LogP) is 2.49. The number of hydrogen-bond donors (Lipinski definition) is 1. The van der Waals surface area contributed by atoms with E-state index in [0.717, 1.165) is 36.2 Å². The molecule has 0 aromatic heterocycles. The molecule has 2 rings (SSSR count). The monoisotopic (exact) mass is 247 g/mol. The Kier molecular flexibility index (Phi) is 3.44. The fourth-order valence-corrected chi connectivity index (χ4v) is 2.69. The van der Waals surface area contributed by atoms with Crippen LogP contribution in [0.3, 0.4) is 0 Å². The van der Waals surface area contributed by atoms with Crippen molar-refractivity contribution in [1.82, 2.24) is 5.32 Å². The average molecular weight is 247 g/mol. The molecule has 0 saturated carbocycles. The molecule has 0 spiro atoms. The molecule has 18 heavy (non-hydrogen) atoms. The fourth-order valence-electron chi connectivity index (χ4n) is 2.69. The van der Waals surface area contributed by atoms with Crippen molar-refractivity contribution in [3.63, 3.8) is 0 Å². The maximum absolute atomic E-state index is 12.8. The van der Waals surface area contributed by atoms with Crippen LogP contribution in [0, 0.1) is 19.3 Å². The Morgan fingerprint density at radius 1 is 1.39 bits per heavy atom. The van der Waals surface area contributed by atoms with Crippen molar-refractivity contribution in [1.29, 1.82) is 0 Å². The third-order valence-corrected chi connectivity index (χ3v) is 3.81. The lowest BCUT2D eigenvalue weighted by atomic mass is 9.80. The minimum Gasteiger partial charge on any atom is -0.496 e. The summed E-state index contributed by atoms with van der Waals surface area (Å²) in [5, 5.41) is 3.27. The summed E-state index contributed by atoms with van der Waals surface area (Å²) in [6.45, 7) is 7.70. The largest absolute Gasteiger partial charge is 0.496 e. The van der Waals surface area contributed by atoms with Gasteiger partial charge in [-0.05, 0) is 44.0 Å². The zero-order chi connectivity index (χ0) is 13.3. The van der Waals surface area contributed by atoms with Crippen molar-refractivity contribution in [2.24, 2.45) is 5.41 Å². The second-order valence-electron chi connectivity index (χ2n) is 5.48. The third-order valence-electron chi connectivity index (χ3n) is 3.81. The number of carbonyl (C=O) groups excluding carboxylic acids is 1. The van der Waals surface area contributed by atoms with Crippen molar-refractivity contribution in [2.75, 3.05) is 20.2 Å². The Bertz CT molecular complexity index is 474. The van der Waals surface area contributed by atoms with E-state index in [1.807, 2.05) is 32.9 Å². The van der Waals surface area contributed by atoms with Gasteiger partial charge in [-0.3, -0.25) is 4.79 Å². The number of hydrogen-bond acceptors (Lipinski definition) is 3. The Morgan fingerprint density at radius 3 is 2.67 bits per heavy atom. The van der Waals surface area contributed by atoms with Crippen LogP contribution in [0.4, 0.5) is 0 Å². The molecular weight excluding hydrogens is 226 g/mol. The molecular formula is C15H21NO2. The van der Waals surface area contributed by atoms with Gasteiger partial charge in [-0.1, -0.05) is 13.0 Å². The number of methoxy groups -OCH3 is 1. The van der Waals surface area contributed by atoms with E-state index >= 15 is 0 Å². The number of Topliss-reactive ketones (excluding diaryl/α,β-unsaturated/α-hetero) is 1. The van der Waals surface area contributed by atoms with Crippen molar-refractivity contribution < 1.29 is 9.53 Å². The highest BCUT2D eigenvalue weighted by atomic mass is 16.5. The summed E-state index contributed by atoms with van der Waals surface area (Å²) in [6, 6.07) is 3.98. The van der Waals surface area contributed by atoms with E-state index in [4.69, 9.17) is 4.74 Å². The smallest absolute Gasteiger partial charge is 0.174 e. The second-order valence-corrected chi connectivity index (χ2v) is 5.48. The average Bonchev–Trinajstić information content (AvgIpc) is 2.75. The summed E-state index contributed by atoms with van der Waals surface area (Å²) in [7, 11) is 1.63. The van der Waals surface area contributed by atoms with E-state index in [9.17, 15) is 4.79 Å². The number of aryl methyl sites for hydroxylation is 2. The molecule has 1 N–H and O–H groups in total. The Hall–Kier alpha value is -1.35. The molecule has 1 aliphatic rings. The van der Waals surface area contributed by atoms with E-state index in [1.165, 1.54) is 0 Å². The summed E-state index contributed by atoms with van der Waals surface area (Å²) < 4.78 is 5.39. The number of rotatable bonds is 3. The molecule has 1 fully saturated rings. The zero-order valence-corrected chi connectivity index (χ0v) is 11.6. The lowest BCUT2D eigenvalue weighted by Gasteiger charge is -2.23. The van der Waals surface area contributed by atoms with E-state index in [0.29, 0.717) is 5.75 Å². The Morgan fingerprint density at radius 2 is 2.11 bits per heavy atom. The highest BCUT2D eigenvalue weighted by molar-refractivity contribution is 6.04. The molecule has 1 heterocycles. The SMILES string of the molecule is COc1cc(C)cc(C)c1C(=O)C1(C)CCNC1. The van der Waals surface area contributed by atoms with Gasteiger partial charge in [-0.25, -0.2) is 0 Å². The van der Waals surface area contributed by atoms with E-state index in [-0.39, 0.29) is 11.2 Å². The fraction of sp³-hybridized carbons (Fsp3) is 0.533. The first-order valence-corrected chi connectivity index (χ1v) is 6.39. The van der Waals surface area contributed by atoms with E-state index in [1.54, 1.807) is 7.11 Å². The second kappa shape index (κ2) is 4.73. The maximum Gasteiger partial charge on any atom is 0.174 e. The van der Waals surface area contributed by atoms with Crippen LogP contribution in [0.2, 0.25) is 0 Å². The van der Waals surface area contributed by atoms with Crippen LogP contribution in [-0.4, -0.2) is 26.0 Å². The molecule has 1 saturated heterocycles. The van der Waals surface area contributed by atoms with Crippen LogP contribution in [0.25, 0.3) is 0 Å². The normalized spacial score (nSPS) is 23.1. The number of nitrogens with one attached hydrogen (secondary N) is 1. The van der Waals surface area contributed by atoms with Gasteiger partial charge >= 0.3 is 0 Å². The number of ether oxygens (including phenoxy) is 1. The summed E-state index contributed by atoms with van der Waals surface area (Å²) in [6.07, 6.45) is 0.891. The molecule has 1 atom stereocenters. The van der Waals surface area contributed by atoms with Gasteiger partial charge in [0.1, 0.15) is 5.75 Å². The highest BCUT2D eigenvalue weighted by Gasteiger charge is 2.38. The topological polar surface area (TPSA) is 38.3 Å². The van der Waals surface area contributed by atoms with Crippen LogP contribution in [0.5, 0.6) is 5.75 Å². The van der Waals surface area contributed by atoms with E-state index in [2.05, 4.69) is 5.32 Å². The number of ketones is 1. The molecule has 0 radical (unpaired) electrons. The van der Waals surface area contributed by atoms with Gasteiger partial charge in [-0.2, -0.15) is 0 Å². The van der Waals surface area contributed by atoms with Gasteiger partial charge in [-0.15, -0.1) is 0 Å². The van der Waals surface area contributed by atoms with Crippen LogP contribution >= 0.6 is 0 Å². The van der Waals surface area contributed by atoms with Gasteiger partial charge in [0.15, 0.2) is 5.78 Å². The Labute approximate surface area is 109 Å². The quantitative estimate of drug-likeness (QED) is 0.834. The van der Waals surface area contributed by atoms with Crippen LogP contribution < -0.4 is 10.1 Å². The Balaban J connectivity index is 2.47. The summed E-state index contributed by atoms with van der Waals surface area (Å²) in [5.41, 5.74) is 2.57. The van der Waals surface area contributed by atoms with Gasteiger partial charge in [0.25, 0.3) is 0 Å². The van der Waals surface area contributed by atoms with Crippen molar-refractivity contribution in [3.8, 4) is 5.75 Å². The molecule has 1 aliphatic heterocycles. The lowest BCUT2D eigenvalue weighted by Crippen LogP contribution is -2.31. The summed E-state index contributed by atoms with van der Waals surface area (Å²) in [4.78, 5) is 12.8. The molecule has 1 aromatic rings. The van der Waals surface area contributed by atoms with Gasteiger partial charge in [0.05, 0.1) is 12.7 Å². The first-order valence-electron chi connectivity index (χ1n) is 6.39. The van der Waals surface area contributed by atoms with Crippen molar-refractivity contribution >= 4 is 5.78 Å². The first-order chi connectivity index (χ1) is 8.48.